The van der Waals surface area contributed by atoms with E-state index in [1.54, 1.807) is 0 Å². The summed E-state index contributed by atoms with van der Waals surface area (Å²) in [7, 11) is 1.99. The molecule has 0 rings (SSSR count). The topological polar surface area (TPSA) is 129 Å². The highest BCUT2D eigenvalue weighted by Gasteiger charge is 2.20. The van der Waals surface area contributed by atoms with Crippen molar-refractivity contribution in [3.63, 3.8) is 0 Å². The molecule has 18 heavy (non-hydrogen) atoms. The first kappa shape index (κ1) is 18.7. The fourth-order valence-corrected chi connectivity index (χ4v) is 1.19. The summed E-state index contributed by atoms with van der Waals surface area (Å²) in [5.41, 5.74) is 14.6. The number of carbonyl (C=O) groups is 3. The van der Waals surface area contributed by atoms with Crippen LogP contribution in [0.5, 0.6) is 0 Å². The van der Waals surface area contributed by atoms with Gasteiger partial charge in [-0.25, -0.2) is 0 Å². The van der Waals surface area contributed by atoms with Gasteiger partial charge in [-0.3, -0.25) is 14.4 Å². The molecule has 0 fully saturated rings. The van der Waals surface area contributed by atoms with Gasteiger partial charge in [0, 0.05) is 6.92 Å². The van der Waals surface area contributed by atoms with Gasteiger partial charge < -0.3 is 21.7 Å². The van der Waals surface area contributed by atoms with Gasteiger partial charge >= 0.3 is 0 Å². The minimum atomic E-state index is -0.333. The Bertz CT molecular complexity index is 270. The SMILES string of the molecule is CC(N)=O.CC[N+](C)(CCC(N)=O)CCC(N)=O. The zero-order chi connectivity index (χ0) is 14.8. The van der Waals surface area contributed by atoms with Gasteiger partial charge in [0.2, 0.25) is 17.7 Å². The van der Waals surface area contributed by atoms with Gasteiger partial charge in [-0.15, -0.1) is 0 Å². The lowest BCUT2D eigenvalue weighted by molar-refractivity contribution is -0.906. The minimum Gasteiger partial charge on any atom is -0.370 e. The Kier molecular flexibility index (Phi) is 9.79. The van der Waals surface area contributed by atoms with E-state index in [4.69, 9.17) is 11.5 Å². The van der Waals surface area contributed by atoms with Crippen LogP contribution in [0.15, 0.2) is 0 Å². The molecule has 0 aliphatic rings. The number of hydrogen-bond acceptors (Lipinski definition) is 3. The van der Waals surface area contributed by atoms with Crippen molar-refractivity contribution in [3.8, 4) is 0 Å². The zero-order valence-corrected chi connectivity index (χ0v) is 11.4. The summed E-state index contributed by atoms with van der Waals surface area (Å²) < 4.78 is 0.659. The molecule has 7 heteroatoms. The number of carbonyl (C=O) groups excluding carboxylic acids is 3. The highest BCUT2D eigenvalue weighted by molar-refractivity contribution is 5.74. The average molecular weight is 261 g/mol. The summed E-state index contributed by atoms with van der Waals surface area (Å²) in [4.78, 5) is 30.5. The molecule has 106 valence electrons. The number of nitrogens with zero attached hydrogens (tertiary/aromatic N) is 1. The molecule has 0 aliphatic carbocycles. The first-order valence-electron chi connectivity index (χ1n) is 5.79. The maximum absolute atomic E-state index is 10.6. The first-order valence-corrected chi connectivity index (χ1v) is 5.79. The molecule has 0 atom stereocenters. The predicted octanol–water partition coefficient (Wildman–Crippen LogP) is -1.30. The van der Waals surface area contributed by atoms with Crippen LogP contribution in [-0.4, -0.2) is 48.9 Å². The van der Waals surface area contributed by atoms with Crippen LogP contribution in [0.1, 0.15) is 26.7 Å². The van der Waals surface area contributed by atoms with E-state index in [1.165, 1.54) is 6.92 Å². The molecule has 0 saturated carbocycles. The molecule has 3 amide bonds. The van der Waals surface area contributed by atoms with Crippen LogP contribution in [0.2, 0.25) is 0 Å². The van der Waals surface area contributed by atoms with E-state index in [1.807, 2.05) is 14.0 Å². The minimum absolute atomic E-state index is 0.304. The Labute approximate surface area is 108 Å². The van der Waals surface area contributed by atoms with E-state index in [9.17, 15) is 14.4 Å². The third kappa shape index (κ3) is 14.4. The second-order valence-electron chi connectivity index (χ2n) is 4.43. The van der Waals surface area contributed by atoms with E-state index < -0.39 is 0 Å². The van der Waals surface area contributed by atoms with Gasteiger partial charge in [0.25, 0.3) is 0 Å². The summed E-state index contributed by atoms with van der Waals surface area (Å²) in [6, 6.07) is 0. The Morgan fingerprint density at radius 3 is 1.39 bits per heavy atom. The highest BCUT2D eigenvalue weighted by atomic mass is 16.1. The van der Waals surface area contributed by atoms with Crippen LogP contribution < -0.4 is 17.2 Å². The van der Waals surface area contributed by atoms with Crippen molar-refractivity contribution in [1.82, 2.24) is 0 Å². The third-order valence-corrected chi connectivity index (χ3v) is 2.56. The van der Waals surface area contributed by atoms with Crippen LogP contribution in [-0.2, 0) is 14.4 Å². The summed E-state index contributed by atoms with van der Waals surface area (Å²) in [6.45, 7) is 5.51. The second kappa shape index (κ2) is 9.41. The van der Waals surface area contributed by atoms with Gasteiger partial charge in [-0.1, -0.05) is 0 Å². The van der Waals surface area contributed by atoms with Gasteiger partial charge in [-0.05, 0) is 6.92 Å². The Balaban J connectivity index is 0. The van der Waals surface area contributed by atoms with E-state index in [-0.39, 0.29) is 17.7 Å². The summed E-state index contributed by atoms with van der Waals surface area (Å²) in [5.74, 6) is -0.941. The molecule has 0 aromatic carbocycles. The third-order valence-electron chi connectivity index (χ3n) is 2.56. The maximum Gasteiger partial charge on any atom is 0.223 e. The maximum atomic E-state index is 10.6. The van der Waals surface area contributed by atoms with E-state index >= 15 is 0 Å². The van der Waals surface area contributed by atoms with Crippen molar-refractivity contribution in [2.24, 2.45) is 17.2 Å². The summed E-state index contributed by atoms with van der Waals surface area (Å²) in [6.07, 6.45) is 0.701. The van der Waals surface area contributed by atoms with Crippen molar-refractivity contribution in [1.29, 1.82) is 0 Å². The second-order valence-corrected chi connectivity index (χ2v) is 4.43. The molecule has 0 heterocycles. The number of amides is 3. The molecule has 0 aromatic heterocycles. The lowest BCUT2D eigenvalue weighted by Gasteiger charge is -2.32. The van der Waals surface area contributed by atoms with Crippen molar-refractivity contribution < 1.29 is 18.9 Å². The summed E-state index contributed by atoms with van der Waals surface area (Å²) in [5, 5.41) is 0. The monoisotopic (exact) mass is 261 g/mol. The van der Waals surface area contributed by atoms with E-state index in [0.717, 1.165) is 6.54 Å². The fraction of sp³-hybridized carbons (Fsp3) is 0.727. The lowest BCUT2D eigenvalue weighted by Crippen LogP contribution is -2.47. The molecule has 0 bridgehead atoms. The van der Waals surface area contributed by atoms with Gasteiger partial charge in [0.15, 0.2) is 0 Å². The van der Waals surface area contributed by atoms with Crippen molar-refractivity contribution in [3.05, 3.63) is 0 Å². The molecule has 0 aromatic rings. The zero-order valence-electron chi connectivity index (χ0n) is 11.4. The Morgan fingerprint density at radius 2 is 1.22 bits per heavy atom. The van der Waals surface area contributed by atoms with Crippen LogP contribution in [0.3, 0.4) is 0 Å². The molecule has 0 aliphatic heterocycles. The number of quaternary nitrogens is 1. The number of nitrogens with two attached hydrogens (primary N) is 3. The molecular formula is C11H25N4O3+. The standard InChI is InChI=1S/C9H19N3O2.C2H5NO/c1-3-12(2,6-4-8(10)13)7-5-9(11)14;1-2(3)4/h3-7H2,1-2H3,(H3-,10,11,13,14);1H3,(H2,3,4)/p+1. The molecule has 7 nitrogen and oxygen atoms in total. The first-order chi connectivity index (χ1) is 8.13. The van der Waals surface area contributed by atoms with E-state index in [2.05, 4.69) is 5.73 Å². The van der Waals surface area contributed by atoms with Crippen molar-refractivity contribution >= 4 is 17.7 Å². The molecule has 0 unspecified atom stereocenters. The fourth-order valence-electron chi connectivity index (χ4n) is 1.19. The van der Waals surface area contributed by atoms with Gasteiger partial charge in [-0.2, -0.15) is 0 Å². The highest BCUT2D eigenvalue weighted by Crippen LogP contribution is 2.04. The van der Waals surface area contributed by atoms with Crippen molar-refractivity contribution in [2.75, 3.05) is 26.7 Å². The predicted molar refractivity (Wildman–Crippen MR) is 69.0 cm³/mol. The van der Waals surface area contributed by atoms with E-state index in [0.29, 0.717) is 30.4 Å². The Morgan fingerprint density at radius 1 is 0.944 bits per heavy atom. The summed E-state index contributed by atoms with van der Waals surface area (Å²) >= 11 is 0. The van der Waals surface area contributed by atoms with Gasteiger partial charge in [0.1, 0.15) is 0 Å². The molecular weight excluding hydrogens is 236 g/mol. The normalized spacial score (nSPS) is 10.2. The van der Waals surface area contributed by atoms with Crippen molar-refractivity contribution in [2.45, 2.75) is 26.7 Å². The average Bonchev–Trinajstić information content (AvgIpc) is 2.23. The van der Waals surface area contributed by atoms with Crippen LogP contribution in [0.4, 0.5) is 0 Å². The molecule has 0 radical (unpaired) electrons. The molecule has 6 N–H and O–H groups in total. The van der Waals surface area contributed by atoms with Gasteiger partial charge in [0.05, 0.1) is 39.5 Å². The number of rotatable bonds is 7. The van der Waals surface area contributed by atoms with Crippen LogP contribution in [0, 0.1) is 0 Å². The molecule has 0 saturated heterocycles. The largest absolute Gasteiger partial charge is 0.370 e. The van der Waals surface area contributed by atoms with Crippen LogP contribution in [0.25, 0.3) is 0 Å². The van der Waals surface area contributed by atoms with Crippen LogP contribution >= 0.6 is 0 Å². The lowest BCUT2D eigenvalue weighted by atomic mass is 10.2. The Hall–Kier alpha value is -1.63. The quantitative estimate of drug-likeness (QED) is 0.492. The number of primary amides is 3. The molecule has 0 spiro atoms. The number of hydrogen-bond donors (Lipinski definition) is 3. The smallest absolute Gasteiger partial charge is 0.223 e.